The van der Waals surface area contributed by atoms with Crippen LogP contribution in [-0.2, 0) is 15.8 Å². The van der Waals surface area contributed by atoms with Gasteiger partial charge in [0.1, 0.15) is 5.54 Å². The Morgan fingerprint density at radius 2 is 0.917 bits per heavy atom. The second kappa shape index (κ2) is 6.57. The fraction of sp³-hybridized carbons (Fsp3) is 0.0526. The molecule has 0 saturated carbocycles. The zero-order chi connectivity index (χ0) is 17.0. The Morgan fingerprint density at radius 3 is 1.17 bits per heavy atom. The van der Waals surface area contributed by atoms with E-state index in [4.69, 9.17) is 0 Å². The smallest absolute Gasteiger partial charge is 0.273 e. The highest BCUT2D eigenvalue weighted by Crippen LogP contribution is 2.37. The van der Waals surface area contributed by atoms with Crippen molar-refractivity contribution in [1.82, 2.24) is 4.72 Å². The Kier molecular flexibility index (Phi) is 4.49. The minimum Gasteiger partial charge on any atom is -0.273 e. The molecule has 122 valence electrons. The summed E-state index contributed by atoms with van der Waals surface area (Å²) in [5.74, 6) is 0. The largest absolute Gasteiger partial charge is 0.334 e. The number of rotatable bonds is 5. The van der Waals surface area contributed by atoms with Crippen LogP contribution < -0.4 is 4.72 Å². The minimum absolute atomic E-state index is 0.708. The lowest BCUT2D eigenvalue weighted by Gasteiger charge is -2.35. The van der Waals surface area contributed by atoms with Gasteiger partial charge in [-0.2, -0.15) is 13.1 Å². The van der Waals surface area contributed by atoms with Gasteiger partial charge in [0.05, 0.1) is 0 Å². The van der Waals surface area contributed by atoms with Crippen LogP contribution in [0.1, 0.15) is 16.7 Å². The first kappa shape index (κ1) is 16.4. The summed E-state index contributed by atoms with van der Waals surface area (Å²) in [6.07, 6.45) is 0. The van der Waals surface area contributed by atoms with E-state index < -0.39 is 15.8 Å². The van der Waals surface area contributed by atoms with Crippen molar-refractivity contribution in [3.05, 3.63) is 108 Å². The Balaban J connectivity index is 2.37. The fourth-order valence-corrected chi connectivity index (χ4v) is 3.68. The standard InChI is InChI=1S/C19H17NO3S/c21-24(22,23)20-19(16-10-4-1-5-11-16,17-12-6-2-7-13-17)18-14-8-3-9-15-18/h1-15,20H,(H,21,22,23). The monoisotopic (exact) mass is 339 g/mol. The summed E-state index contributed by atoms with van der Waals surface area (Å²) in [6.45, 7) is 0. The molecule has 0 fully saturated rings. The molecule has 5 heteroatoms. The van der Waals surface area contributed by atoms with E-state index in [1.54, 1.807) is 0 Å². The molecule has 0 radical (unpaired) electrons. The zero-order valence-electron chi connectivity index (χ0n) is 12.8. The van der Waals surface area contributed by atoms with E-state index in [2.05, 4.69) is 4.72 Å². The van der Waals surface area contributed by atoms with Crippen molar-refractivity contribution < 1.29 is 13.0 Å². The molecule has 4 nitrogen and oxygen atoms in total. The van der Waals surface area contributed by atoms with Crippen LogP contribution in [0.2, 0.25) is 0 Å². The third-order valence-corrected chi connectivity index (χ3v) is 4.47. The summed E-state index contributed by atoms with van der Waals surface area (Å²) in [7, 11) is -4.48. The lowest BCUT2D eigenvalue weighted by Crippen LogP contribution is -2.47. The van der Waals surface area contributed by atoms with Crippen molar-refractivity contribution in [3.8, 4) is 0 Å². The highest BCUT2D eigenvalue weighted by atomic mass is 32.2. The fourth-order valence-electron chi connectivity index (χ4n) is 2.93. The number of hydrogen-bond acceptors (Lipinski definition) is 2. The maximum absolute atomic E-state index is 11.8. The molecule has 0 amide bonds. The molecule has 3 rings (SSSR count). The van der Waals surface area contributed by atoms with Crippen LogP contribution in [0.15, 0.2) is 91.0 Å². The van der Waals surface area contributed by atoms with Crippen LogP contribution in [0, 0.1) is 0 Å². The summed E-state index contributed by atoms with van der Waals surface area (Å²) in [5, 5.41) is 0. The molecule has 0 saturated heterocycles. The first-order valence-corrected chi connectivity index (χ1v) is 8.89. The molecule has 0 spiro atoms. The molecule has 3 aromatic carbocycles. The molecule has 3 aromatic rings. The molecule has 0 aliphatic rings. The van der Waals surface area contributed by atoms with E-state index in [1.165, 1.54) is 0 Å². The highest BCUT2D eigenvalue weighted by Gasteiger charge is 2.39. The van der Waals surface area contributed by atoms with Gasteiger partial charge < -0.3 is 0 Å². The van der Waals surface area contributed by atoms with Crippen molar-refractivity contribution in [1.29, 1.82) is 0 Å². The first-order chi connectivity index (χ1) is 11.5. The van der Waals surface area contributed by atoms with E-state index in [0.717, 1.165) is 0 Å². The molecule has 0 bridgehead atoms. The van der Waals surface area contributed by atoms with Gasteiger partial charge in [0.15, 0.2) is 0 Å². The van der Waals surface area contributed by atoms with Crippen LogP contribution >= 0.6 is 0 Å². The molecular weight excluding hydrogens is 322 g/mol. The molecule has 0 heterocycles. The summed E-state index contributed by atoms with van der Waals surface area (Å²) < 4.78 is 35.7. The van der Waals surface area contributed by atoms with Crippen LogP contribution in [0.25, 0.3) is 0 Å². The Morgan fingerprint density at radius 1 is 0.625 bits per heavy atom. The summed E-state index contributed by atoms with van der Waals surface area (Å²) in [5.41, 5.74) is 0.900. The van der Waals surface area contributed by atoms with Gasteiger partial charge in [-0.05, 0) is 16.7 Å². The predicted octanol–water partition coefficient (Wildman–Crippen LogP) is 3.37. The molecule has 0 aromatic heterocycles. The van der Waals surface area contributed by atoms with Gasteiger partial charge in [-0.15, -0.1) is 0 Å². The van der Waals surface area contributed by atoms with Gasteiger partial charge in [-0.1, -0.05) is 91.0 Å². The SMILES string of the molecule is O=S(=O)(O)NC(c1ccccc1)(c1ccccc1)c1ccccc1. The third-order valence-electron chi connectivity index (χ3n) is 3.90. The Labute approximate surface area is 141 Å². The number of hydrogen-bond donors (Lipinski definition) is 2. The summed E-state index contributed by atoms with van der Waals surface area (Å²) in [4.78, 5) is 0. The predicted molar refractivity (Wildman–Crippen MR) is 93.9 cm³/mol. The summed E-state index contributed by atoms with van der Waals surface area (Å²) in [6, 6.07) is 27.6. The van der Waals surface area contributed by atoms with Gasteiger partial charge >= 0.3 is 10.3 Å². The Bertz CT molecular complexity index is 798. The summed E-state index contributed by atoms with van der Waals surface area (Å²) >= 11 is 0. The Hall–Kier alpha value is -2.47. The molecule has 0 unspecified atom stereocenters. The maximum atomic E-state index is 11.8. The normalized spacial score (nSPS) is 12.0. The average molecular weight is 339 g/mol. The highest BCUT2D eigenvalue weighted by molar-refractivity contribution is 7.83. The van der Waals surface area contributed by atoms with Gasteiger partial charge in [0.2, 0.25) is 0 Å². The second-order valence-corrected chi connectivity index (χ2v) is 6.58. The average Bonchev–Trinajstić information content (AvgIpc) is 2.61. The molecule has 0 aliphatic heterocycles. The lowest BCUT2D eigenvalue weighted by molar-refractivity contribution is 0.439. The van der Waals surface area contributed by atoms with E-state index in [0.29, 0.717) is 16.7 Å². The van der Waals surface area contributed by atoms with Gasteiger partial charge in [0.25, 0.3) is 0 Å². The van der Waals surface area contributed by atoms with Crippen LogP contribution in [0.3, 0.4) is 0 Å². The van der Waals surface area contributed by atoms with E-state index >= 15 is 0 Å². The zero-order valence-corrected chi connectivity index (χ0v) is 13.6. The minimum atomic E-state index is -4.48. The quantitative estimate of drug-likeness (QED) is 0.553. The van der Waals surface area contributed by atoms with E-state index in [9.17, 15) is 13.0 Å². The van der Waals surface area contributed by atoms with Crippen molar-refractivity contribution >= 4 is 10.3 Å². The lowest BCUT2D eigenvalue weighted by atomic mass is 9.78. The second-order valence-electron chi connectivity index (χ2n) is 5.43. The van der Waals surface area contributed by atoms with Crippen molar-refractivity contribution in [2.75, 3.05) is 0 Å². The molecule has 2 N–H and O–H groups in total. The molecule has 0 atom stereocenters. The van der Waals surface area contributed by atoms with Crippen molar-refractivity contribution in [2.24, 2.45) is 0 Å². The van der Waals surface area contributed by atoms with E-state index in [-0.39, 0.29) is 0 Å². The molecule has 24 heavy (non-hydrogen) atoms. The van der Waals surface area contributed by atoms with Gasteiger partial charge in [-0.3, -0.25) is 4.55 Å². The molecule has 0 aliphatic carbocycles. The van der Waals surface area contributed by atoms with Gasteiger partial charge in [-0.25, -0.2) is 0 Å². The van der Waals surface area contributed by atoms with Crippen LogP contribution in [0.5, 0.6) is 0 Å². The topological polar surface area (TPSA) is 66.4 Å². The van der Waals surface area contributed by atoms with Gasteiger partial charge in [0, 0.05) is 0 Å². The number of benzene rings is 3. The van der Waals surface area contributed by atoms with E-state index in [1.807, 2.05) is 91.0 Å². The van der Waals surface area contributed by atoms with Crippen LogP contribution in [-0.4, -0.2) is 13.0 Å². The molecular formula is C19H17NO3S. The third kappa shape index (κ3) is 3.23. The maximum Gasteiger partial charge on any atom is 0.334 e. The van der Waals surface area contributed by atoms with Crippen LogP contribution in [0.4, 0.5) is 0 Å². The number of nitrogens with one attached hydrogen (secondary N) is 1. The van der Waals surface area contributed by atoms with Crippen molar-refractivity contribution in [2.45, 2.75) is 5.54 Å². The van der Waals surface area contributed by atoms with Crippen molar-refractivity contribution in [3.63, 3.8) is 0 Å². The first-order valence-electron chi connectivity index (χ1n) is 7.45.